The van der Waals surface area contributed by atoms with E-state index in [1.807, 2.05) is 58.9 Å². The van der Waals surface area contributed by atoms with Crippen molar-refractivity contribution in [3.63, 3.8) is 0 Å². The van der Waals surface area contributed by atoms with Gasteiger partial charge in [-0.1, -0.05) is 74.0 Å². The maximum Gasteiger partial charge on any atom is 0.264 e. The van der Waals surface area contributed by atoms with Crippen LogP contribution in [0.2, 0.25) is 5.02 Å². The highest BCUT2D eigenvalue weighted by molar-refractivity contribution is 7.92. The lowest BCUT2D eigenvalue weighted by Crippen LogP contribution is -2.53. The second-order valence-electron chi connectivity index (χ2n) is 9.95. The first-order valence-electron chi connectivity index (χ1n) is 13.5. The Bertz CT molecular complexity index is 1430. The number of carbonyl (C=O) groups is 2. The number of anilines is 1. The van der Waals surface area contributed by atoms with Gasteiger partial charge in [0.05, 0.1) is 10.6 Å². The highest BCUT2D eigenvalue weighted by atomic mass is 35.5. The maximum atomic E-state index is 14.1. The molecule has 0 spiro atoms. The number of rotatable bonds is 12. The van der Waals surface area contributed by atoms with E-state index in [-0.39, 0.29) is 29.1 Å². The summed E-state index contributed by atoms with van der Waals surface area (Å²) in [5, 5.41) is 3.37. The van der Waals surface area contributed by atoms with E-state index in [4.69, 9.17) is 11.6 Å². The molecule has 7 nitrogen and oxygen atoms in total. The molecule has 214 valence electrons. The first-order valence-corrected chi connectivity index (χ1v) is 15.3. The number of carbonyl (C=O) groups excluding carboxylic acids is 2. The van der Waals surface area contributed by atoms with E-state index in [1.165, 1.54) is 17.0 Å². The summed E-state index contributed by atoms with van der Waals surface area (Å²) in [6.45, 7) is 9.14. The molecule has 2 atom stereocenters. The smallest absolute Gasteiger partial charge is 0.264 e. The Balaban J connectivity index is 2.08. The zero-order valence-electron chi connectivity index (χ0n) is 23.7. The summed E-state index contributed by atoms with van der Waals surface area (Å²) in [7, 11) is -4.14. The van der Waals surface area contributed by atoms with Crippen molar-refractivity contribution < 1.29 is 18.0 Å². The van der Waals surface area contributed by atoms with E-state index < -0.39 is 28.5 Å². The average Bonchev–Trinajstić information content (AvgIpc) is 2.94. The fraction of sp³-hybridized carbons (Fsp3) is 0.355. The summed E-state index contributed by atoms with van der Waals surface area (Å²) in [4.78, 5) is 29.0. The van der Waals surface area contributed by atoms with Crippen LogP contribution in [0.1, 0.15) is 50.3 Å². The minimum Gasteiger partial charge on any atom is -0.352 e. The minimum atomic E-state index is -4.14. The monoisotopic (exact) mass is 583 g/mol. The van der Waals surface area contributed by atoms with Gasteiger partial charge in [-0.2, -0.15) is 0 Å². The predicted octanol–water partition coefficient (Wildman–Crippen LogP) is 5.87. The molecule has 3 rings (SSSR count). The van der Waals surface area contributed by atoms with Gasteiger partial charge in [0.15, 0.2) is 0 Å². The first-order chi connectivity index (χ1) is 19.0. The summed E-state index contributed by atoms with van der Waals surface area (Å²) < 4.78 is 28.8. The number of sulfonamides is 1. The van der Waals surface area contributed by atoms with E-state index in [0.717, 1.165) is 27.4 Å². The average molecular weight is 584 g/mol. The standard InChI is InChI=1S/C31H38ClN3O4S/c1-6-24(5)33-31(37)29(7-2)34(20-25-14-12-11-13-22(25)3)30(36)21-35(26-18-17-23(4)28(32)19-26)40(38,39)27-15-9-8-10-16-27/h8-19,24,29H,6-7,20-21H2,1-5H3,(H,33,37)/t24-,29-/m1/s1. The summed E-state index contributed by atoms with van der Waals surface area (Å²) in [6, 6.07) is 19.6. The van der Waals surface area contributed by atoms with Crippen LogP contribution < -0.4 is 9.62 Å². The Morgan fingerprint density at radius 2 is 1.55 bits per heavy atom. The van der Waals surface area contributed by atoms with Crippen LogP contribution in [0.4, 0.5) is 5.69 Å². The number of benzene rings is 3. The second-order valence-corrected chi connectivity index (χ2v) is 12.2. The highest BCUT2D eigenvalue weighted by Gasteiger charge is 2.34. The third-order valence-electron chi connectivity index (χ3n) is 7.04. The van der Waals surface area contributed by atoms with E-state index >= 15 is 0 Å². The summed E-state index contributed by atoms with van der Waals surface area (Å²) in [6.07, 6.45) is 1.10. The first kappa shape index (κ1) is 31.2. The Labute approximate surface area is 243 Å². The van der Waals surface area contributed by atoms with Crippen molar-refractivity contribution in [2.45, 2.75) is 71.0 Å². The van der Waals surface area contributed by atoms with Crippen LogP contribution in [0.15, 0.2) is 77.7 Å². The van der Waals surface area contributed by atoms with Crippen LogP contribution in [0.3, 0.4) is 0 Å². The van der Waals surface area contributed by atoms with Gasteiger partial charge < -0.3 is 10.2 Å². The number of nitrogens with zero attached hydrogens (tertiary/aromatic N) is 2. The summed E-state index contributed by atoms with van der Waals surface area (Å²) in [5.74, 6) is -0.764. The van der Waals surface area contributed by atoms with Gasteiger partial charge in [0.25, 0.3) is 10.0 Å². The van der Waals surface area contributed by atoms with Crippen molar-refractivity contribution in [1.82, 2.24) is 10.2 Å². The molecule has 0 unspecified atom stereocenters. The molecule has 9 heteroatoms. The largest absolute Gasteiger partial charge is 0.352 e. The molecule has 0 radical (unpaired) electrons. The van der Waals surface area contributed by atoms with Gasteiger partial charge in [-0.15, -0.1) is 0 Å². The molecule has 0 heterocycles. The Morgan fingerprint density at radius 1 is 0.900 bits per heavy atom. The van der Waals surface area contributed by atoms with Crippen LogP contribution in [-0.2, 0) is 26.2 Å². The number of aryl methyl sites for hydroxylation is 2. The highest BCUT2D eigenvalue weighted by Crippen LogP contribution is 2.29. The van der Waals surface area contributed by atoms with Gasteiger partial charge in [-0.25, -0.2) is 8.42 Å². The molecular weight excluding hydrogens is 546 g/mol. The van der Waals surface area contributed by atoms with Crippen LogP contribution in [0, 0.1) is 13.8 Å². The van der Waals surface area contributed by atoms with E-state index in [9.17, 15) is 18.0 Å². The molecule has 1 N–H and O–H groups in total. The number of hydrogen-bond acceptors (Lipinski definition) is 4. The molecular formula is C31H38ClN3O4S. The van der Waals surface area contributed by atoms with Gasteiger partial charge in [-0.05, 0) is 74.6 Å². The third kappa shape index (κ3) is 7.43. The number of amides is 2. The quantitative estimate of drug-likeness (QED) is 0.289. The van der Waals surface area contributed by atoms with Crippen molar-refractivity contribution in [2.24, 2.45) is 0 Å². The van der Waals surface area contributed by atoms with Gasteiger partial charge >= 0.3 is 0 Å². The molecule has 0 saturated heterocycles. The number of nitrogens with one attached hydrogen (secondary N) is 1. The molecule has 40 heavy (non-hydrogen) atoms. The van der Waals surface area contributed by atoms with E-state index in [1.54, 1.807) is 36.4 Å². The maximum absolute atomic E-state index is 14.1. The molecule has 0 aromatic heterocycles. The topological polar surface area (TPSA) is 86.8 Å². The second kappa shape index (κ2) is 13.8. The number of halogens is 1. The normalized spacial score (nSPS) is 12.8. The zero-order valence-corrected chi connectivity index (χ0v) is 25.3. The van der Waals surface area contributed by atoms with Crippen LogP contribution in [0.25, 0.3) is 0 Å². The van der Waals surface area contributed by atoms with Crippen molar-refractivity contribution in [3.05, 3.63) is 94.5 Å². The number of hydrogen-bond donors (Lipinski definition) is 1. The van der Waals surface area contributed by atoms with Crippen molar-refractivity contribution in [1.29, 1.82) is 0 Å². The molecule has 2 amide bonds. The summed E-state index contributed by atoms with van der Waals surface area (Å²) in [5.41, 5.74) is 2.89. The van der Waals surface area contributed by atoms with Gasteiger partial charge in [0.1, 0.15) is 12.6 Å². The molecule has 3 aromatic carbocycles. The lowest BCUT2D eigenvalue weighted by Gasteiger charge is -2.34. The van der Waals surface area contributed by atoms with Crippen molar-refractivity contribution in [3.8, 4) is 0 Å². The van der Waals surface area contributed by atoms with Crippen LogP contribution in [-0.4, -0.2) is 43.8 Å². The van der Waals surface area contributed by atoms with E-state index in [2.05, 4.69) is 5.32 Å². The lowest BCUT2D eigenvalue weighted by molar-refractivity contribution is -0.140. The van der Waals surface area contributed by atoms with Crippen LogP contribution in [0.5, 0.6) is 0 Å². The van der Waals surface area contributed by atoms with Gasteiger partial charge in [0, 0.05) is 17.6 Å². The Hall–Kier alpha value is -3.36. The zero-order chi connectivity index (χ0) is 29.4. The molecule has 0 saturated carbocycles. The fourth-order valence-corrected chi connectivity index (χ4v) is 5.92. The van der Waals surface area contributed by atoms with Crippen molar-refractivity contribution in [2.75, 3.05) is 10.8 Å². The lowest BCUT2D eigenvalue weighted by atomic mass is 10.1. The fourth-order valence-electron chi connectivity index (χ4n) is 4.32. The molecule has 0 fully saturated rings. The van der Waals surface area contributed by atoms with Gasteiger partial charge in [-0.3, -0.25) is 13.9 Å². The van der Waals surface area contributed by atoms with E-state index in [0.29, 0.717) is 11.4 Å². The molecule has 0 bridgehead atoms. The molecule has 0 aliphatic rings. The molecule has 0 aliphatic heterocycles. The minimum absolute atomic E-state index is 0.0477. The SMILES string of the molecule is CC[C@@H](C)NC(=O)[C@@H](CC)N(Cc1ccccc1C)C(=O)CN(c1ccc(C)c(Cl)c1)S(=O)(=O)c1ccccc1. The third-order valence-corrected chi connectivity index (χ3v) is 9.24. The van der Waals surface area contributed by atoms with Gasteiger partial charge in [0.2, 0.25) is 11.8 Å². The molecule has 0 aliphatic carbocycles. The predicted molar refractivity (Wildman–Crippen MR) is 161 cm³/mol. The van der Waals surface area contributed by atoms with Crippen LogP contribution >= 0.6 is 11.6 Å². The Morgan fingerprint density at radius 3 is 2.15 bits per heavy atom. The van der Waals surface area contributed by atoms with Crippen molar-refractivity contribution >= 4 is 39.1 Å². The Kier molecular flexibility index (Phi) is 10.8. The molecule has 3 aromatic rings. The summed E-state index contributed by atoms with van der Waals surface area (Å²) >= 11 is 6.38.